The van der Waals surface area contributed by atoms with Crippen LogP contribution in [0.1, 0.15) is 32.8 Å². The Morgan fingerprint density at radius 2 is 1.81 bits per heavy atom. The van der Waals surface area contributed by atoms with Gasteiger partial charge < -0.3 is 4.42 Å². The minimum absolute atomic E-state index is 0.0722. The van der Waals surface area contributed by atoms with Crippen LogP contribution in [0.2, 0.25) is 0 Å². The Kier molecular flexibility index (Phi) is 4.75. The third-order valence-electron chi connectivity index (χ3n) is 3.46. The third kappa shape index (κ3) is 3.44. The number of ketones is 1. The monoisotopic (exact) mass is 390 g/mol. The number of aromatic nitrogens is 1. The second kappa shape index (κ2) is 6.85. The number of nitrogens with one attached hydrogen (secondary N) is 1. The largest absolute Gasteiger partial charge is 0.439 e. The van der Waals surface area contributed by atoms with Crippen molar-refractivity contribution in [3.8, 4) is 0 Å². The second-order valence-corrected chi connectivity index (χ2v) is 8.26. The Morgan fingerprint density at radius 3 is 2.42 bits per heavy atom. The van der Waals surface area contributed by atoms with Gasteiger partial charge in [-0.25, -0.2) is 13.4 Å². The number of amides is 1. The summed E-state index contributed by atoms with van der Waals surface area (Å²) in [5, 5.41) is 2.42. The zero-order valence-corrected chi connectivity index (χ0v) is 15.5. The number of aryl methyl sites for hydroxylation is 1. The summed E-state index contributed by atoms with van der Waals surface area (Å²) in [4.78, 5) is 28.3. The van der Waals surface area contributed by atoms with Gasteiger partial charge >= 0.3 is 0 Å². The number of hydrogen-bond acceptors (Lipinski definition) is 7. The van der Waals surface area contributed by atoms with Crippen LogP contribution in [0.25, 0.3) is 0 Å². The molecule has 0 aliphatic heterocycles. The van der Waals surface area contributed by atoms with Crippen LogP contribution in [0, 0.1) is 6.92 Å². The van der Waals surface area contributed by atoms with Crippen LogP contribution in [-0.2, 0) is 9.84 Å². The number of thiazole rings is 1. The molecule has 9 heteroatoms. The number of carbonyl (C=O) groups is 2. The van der Waals surface area contributed by atoms with Crippen molar-refractivity contribution in [2.45, 2.75) is 23.8 Å². The van der Waals surface area contributed by atoms with E-state index in [-0.39, 0.29) is 26.7 Å². The van der Waals surface area contributed by atoms with Gasteiger partial charge in [0.25, 0.3) is 5.91 Å². The Balaban J connectivity index is 1.83. The minimum Gasteiger partial charge on any atom is -0.439 e. The van der Waals surface area contributed by atoms with E-state index in [4.69, 9.17) is 4.42 Å². The molecule has 1 N–H and O–H groups in total. The topological polar surface area (TPSA) is 106 Å². The van der Waals surface area contributed by atoms with E-state index in [2.05, 4.69) is 10.3 Å². The molecule has 0 unspecified atom stereocenters. The molecule has 0 saturated carbocycles. The number of carbonyl (C=O) groups excluding carboxylic acids is 2. The number of hydrogen-bond donors (Lipinski definition) is 1. The molecule has 0 aliphatic carbocycles. The molecule has 26 heavy (non-hydrogen) atoms. The molecule has 134 valence electrons. The average Bonchev–Trinajstić information content (AvgIpc) is 3.23. The minimum atomic E-state index is -3.84. The number of anilines is 1. The lowest BCUT2D eigenvalue weighted by Crippen LogP contribution is -2.10. The van der Waals surface area contributed by atoms with Gasteiger partial charge in [-0.05, 0) is 31.2 Å². The lowest BCUT2D eigenvalue weighted by molar-refractivity contribution is 0.0989. The molecule has 2 heterocycles. The van der Waals surface area contributed by atoms with Gasteiger partial charge in [0.05, 0.1) is 15.5 Å². The molecular weight excluding hydrogens is 376 g/mol. The Hall–Kier alpha value is -2.78. The first-order valence-corrected chi connectivity index (χ1v) is 9.78. The highest BCUT2D eigenvalue weighted by molar-refractivity contribution is 7.91. The highest BCUT2D eigenvalue weighted by Crippen LogP contribution is 2.25. The van der Waals surface area contributed by atoms with Crippen molar-refractivity contribution in [1.82, 2.24) is 4.98 Å². The molecule has 2 aromatic heterocycles. The number of sulfone groups is 1. The first-order chi connectivity index (χ1) is 12.3. The van der Waals surface area contributed by atoms with E-state index >= 15 is 0 Å². The number of Topliss-reactive ketones (excluding diaryl/α,β-unsaturated/α-hetero) is 1. The van der Waals surface area contributed by atoms with E-state index in [1.165, 1.54) is 31.2 Å². The van der Waals surface area contributed by atoms with E-state index < -0.39 is 15.7 Å². The van der Waals surface area contributed by atoms with Crippen LogP contribution in [0.15, 0.2) is 56.9 Å². The van der Waals surface area contributed by atoms with Crippen LogP contribution in [-0.4, -0.2) is 25.1 Å². The maximum Gasteiger partial charge on any atom is 0.293 e. The zero-order valence-electron chi connectivity index (χ0n) is 13.8. The van der Waals surface area contributed by atoms with Crippen LogP contribution in [0.4, 0.5) is 5.13 Å². The maximum absolute atomic E-state index is 12.5. The van der Waals surface area contributed by atoms with Crippen molar-refractivity contribution in [1.29, 1.82) is 0 Å². The summed E-state index contributed by atoms with van der Waals surface area (Å²) in [7, 11) is -3.84. The Labute approximate surface area is 153 Å². The van der Waals surface area contributed by atoms with E-state index in [0.717, 1.165) is 11.3 Å². The highest BCUT2D eigenvalue weighted by atomic mass is 32.2. The zero-order chi connectivity index (χ0) is 18.9. The van der Waals surface area contributed by atoms with Crippen molar-refractivity contribution in [3.05, 3.63) is 58.8 Å². The summed E-state index contributed by atoms with van der Waals surface area (Å²) >= 11 is 1.05. The summed E-state index contributed by atoms with van der Waals surface area (Å²) in [5.41, 5.74) is 0.518. The highest BCUT2D eigenvalue weighted by Gasteiger charge is 2.24. The fourth-order valence-corrected chi connectivity index (χ4v) is 4.29. The van der Waals surface area contributed by atoms with Crippen LogP contribution in [0.5, 0.6) is 0 Å². The fourth-order valence-electron chi connectivity index (χ4n) is 2.24. The number of furan rings is 1. The molecule has 0 fully saturated rings. The lowest BCUT2D eigenvalue weighted by atomic mass is 10.3. The predicted octanol–water partition coefficient (Wildman–Crippen LogP) is 3.33. The molecule has 1 amide bonds. The molecule has 3 rings (SSSR count). The Morgan fingerprint density at radius 1 is 1.12 bits per heavy atom. The average molecular weight is 390 g/mol. The van der Waals surface area contributed by atoms with Crippen molar-refractivity contribution < 1.29 is 22.4 Å². The quantitative estimate of drug-likeness (QED) is 0.670. The number of rotatable bonds is 5. The Bertz CT molecular complexity index is 1080. The molecule has 0 atom stereocenters. The van der Waals surface area contributed by atoms with Gasteiger partial charge in [-0.3, -0.25) is 14.9 Å². The standard InChI is InChI=1S/C17H14N2O5S2/c1-10-15(11(2)20)25-17(18-10)19-16(21)13-8-9-14(24-13)26(22,23)12-6-4-3-5-7-12/h3-9H,1-2H3,(H,18,19,21). The SMILES string of the molecule is CC(=O)c1sc(NC(=O)c2ccc(S(=O)(=O)c3ccccc3)o2)nc1C. The van der Waals surface area contributed by atoms with Crippen LogP contribution >= 0.6 is 11.3 Å². The first kappa shape index (κ1) is 18.0. The summed E-state index contributed by atoms with van der Waals surface area (Å²) in [6.45, 7) is 3.08. The summed E-state index contributed by atoms with van der Waals surface area (Å²) in [6.07, 6.45) is 0. The van der Waals surface area contributed by atoms with Crippen molar-refractivity contribution >= 4 is 38.0 Å². The molecule has 3 aromatic rings. The van der Waals surface area contributed by atoms with E-state index in [1.54, 1.807) is 25.1 Å². The second-order valence-electron chi connectivity index (χ2n) is 5.38. The van der Waals surface area contributed by atoms with E-state index in [9.17, 15) is 18.0 Å². The summed E-state index contributed by atoms with van der Waals surface area (Å²) in [5.74, 6) is -0.963. The number of benzene rings is 1. The molecule has 0 aliphatic rings. The van der Waals surface area contributed by atoms with Crippen molar-refractivity contribution in [2.75, 3.05) is 5.32 Å². The molecule has 0 bridgehead atoms. The van der Waals surface area contributed by atoms with Gasteiger partial charge in [0.15, 0.2) is 16.7 Å². The van der Waals surface area contributed by atoms with Gasteiger partial charge in [-0.15, -0.1) is 0 Å². The molecule has 0 radical (unpaired) electrons. The fraction of sp³-hybridized carbons (Fsp3) is 0.118. The van der Waals surface area contributed by atoms with Crippen LogP contribution in [0.3, 0.4) is 0 Å². The normalized spacial score (nSPS) is 11.3. The predicted molar refractivity (Wildman–Crippen MR) is 95.4 cm³/mol. The first-order valence-electron chi connectivity index (χ1n) is 7.48. The van der Waals surface area contributed by atoms with Gasteiger partial charge in [-0.2, -0.15) is 0 Å². The van der Waals surface area contributed by atoms with Gasteiger partial charge in [0.2, 0.25) is 14.9 Å². The molecular formula is C17H14N2O5S2. The number of nitrogens with zero attached hydrogens (tertiary/aromatic N) is 1. The van der Waals surface area contributed by atoms with Crippen molar-refractivity contribution in [2.24, 2.45) is 0 Å². The third-order valence-corrected chi connectivity index (χ3v) is 6.28. The maximum atomic E-state index is 12.5. The molecule has 0 saturated heterocycles. The smallest absolute Gasteiger partial charge is 0.293 e. The lowest BCUT2D eigenvalue weighted by Gasteiger charge is -2.01. The molecule has 1 aromatic carbocycles. The van der Waals surface area contributed by atoms with E-state index in [1.807, 2.05) is 0 Å². The van der Waals surface area contributed by atoms with Gasteiger partial charge in [-0.1, -0.05) is 29.5 Å². The van der Waals surface area contributed by atoms with Crippen molar-refractivity contribution in [3.63, 3.8) is 0 Å². The summed E-state index contributed by atoms with van der Waals surface area (Å²) < 4.78 is 30.2. The van der Waals surface area contributed by atoms with E-state index in [0.29, 0.717) is 10.6 Å². The molecule has 0 spiro atoms. The summed E-state index contributed by atoms with van der Waals surface area (Å²) in [6, 6.07) is 10.3. The van der Waals surface area contributed by atoms with Crippen LogP contribution < -0.4 is 5.32 Å². The van der Waals surface area contributed by atoms with Gasteiger partial charge in [0, 0.05) is 6.92 Å². The molecule has 7 nitrogen and oxygen atoms in total. The van der Waals surface area contributed by atoms with Gasteiger partial charge in [0.1, 0.15) is 0 Å².